The average Bonchev–Trinajstić information content (AvgIpc) is 2.31. The molecule has 0 saturated heterocycles. The van der Waals surface area contributed by atoms with Gasteiger partial charge in [0.05, 0.1) is 4.47 Å². The van der Waals surface area contributed by atoms with Gasteiger partial charge in [-0.2, -0.15) is 0 Å². The minimum atomic E-state index is -1.33. The highest BCUT2D eigenvalue weighted by Gasteiger charge is 2.31. The van der Waals surface area contributed by atoms with Gasteiger partial charge < -0.3 is 15.2 Å². The van der Waals surface area contributed by atoms with Crippen LogP contribution in [0.5, 0.6) is 5.75 Å². The minimum Gasteiger partial charge on any atom is -0.480 e. The van der Waals surface area contributed by atoms with Crippen molar-refractivity contribution in [2.24, 2.45) is 0 Å². The van der Waals surface area contributed by atoms with E-state index in [-0.39, 0.29) is 0 Å². The van der Waals surface area contributed by atoms with Crippen LogP contribution in [0.15, 0.2) is 22.7 Å². The number of carboxylic acid groups (broad SMARTS) is 1. The first-order valence-corrected chi connectivity index (χ1v) is 6.91. The molecule has 0 aliphatic heterocycles. The van der Waals surface area contributed by atoms with Gasteiger partial charge in [0.2, 0.25) is 0 Å². The van der Waals surface area contributed by atoms with Gasteiger partial charge >= 0.3 is 5.97 Å². The highest BCUT2D eigenvalue weighted by Crippen LogP contribution is 2.26. The third-order valence-corrected chi connectivity index (χ3v) is 3.35. The number of carbonyl (C=O) groups is 2. The fourth-order valence-electron chi connectivity index (χ4n) is 1.41. The molecule has 1 amide bonds. The molecule has 0 heterocycles. The maximum Gasteiger partial charge on any atom is 0.328 e. The smallest absolute Gasteiger partial charge is 0.328 e. The molecule has 110 valence electrons. The molecule has 1 unspecified atom stereocenters. The summed E-state index contributed by atoms with van der Waals surface area (Å²) in [6.07, 6.45) is -0.798. The predicted molar refractivity (Wildman–Crippen MR) is 78.8 cm³/mol. The highest BCUT2D eigenvalue weighted by molar-refractivity contribution is 9.10. The van der Waals surface area contributed by atoms with Crippen molar-refractivity contribution in [2.45, 2.75) is 39.3 Å². The molecule has 0 aromatic heterocycles. The summed E-state index contributed by atoms with van der Waals surface area (Å²) in [7, 11) is 0. The predicted octanol–water partition coefficient (Wildman–Crippen LogP) is 2.50. The van der Waals surface area contributed by atoms with Crippen molar-refractivity contribution in [3.8, 4) is 5.75 Å². The van der Waals surface area contributed by atoms with Gasteiger partial charge in [0.25, 0.3) is 5.91 Å². The van der Waals surface area contributed by atoms with E-state index in [1.807, 2.05) is 19.1 Å². The number of benzene rings is 1. The molecule has 1 aromatic carbocycles. The number of amides is 1. The zero-order chi connectivity index (χ0) is 15.5. The lowest BCUT2D eigenvalue weighted by molar-refractivity contribution is -0.147. The van der Waals surface area contributed by atoms with E-state index in [0.29, 0.717) is 5.75 Å². The fraction of sp³-hybridized carbons (Fsp3) is 0.429. The van der Waals surface area contributed by atoms with Crippen LogP contribution in [0.3, 0.4) is 0 Å². The first-order chi connectivity index (χ1) is 9.13. The number of carboxylic acids is 1. The maximum atomic E-state index is 11.9. The quantitative estimate of drug-likeness (QED) is 0.861. The van der Waals surface area contributed by atoms with E-state index in [1.54, 1.807) is 13.0 Å². The van der Waals surface area contributed by atoms with Crippen LogP contribution < -0.4 is 10.1 Å². The van der Waals surface area contributed by atoms with Gasteiger partial charge in [0, 0.05) is 0 Å². The van der Waals surface area contributed by atoms with Crippen molar-refractivity contribution in [3.05, 3.63) is 28.2 Å². The topological polar surface area (TPSA) is 75.6 Å². The van der Waals surface area contributed by atoms with Crippen LogP contribution >= 0.6 is 15.9 Å². The van der Waals surface area contributed by atoms with Gasteiger partial charge in [-0.15, -0.1) is 0 Å². The molecule has 1 aromatic rings. The molecular weight excluding hydrogens is 326 g/mol. The normalized spacial score (nSPS) is 12.7. The number of rotatable bonds is 5. The maximum absolute atomic E-state index is 11.9. The largest absolute Gasteiger partial charge is 0.480 e. The van der Waals surface area contributed by atoms with E-state index in [2.05, 4.69) is 21.2 Å². The monoisotopic (exact) mass is 343 g/mol. The molecule has 1 rings (SSSR count). The number of halogens is 1. The van der Waals surface area contributed by atoms with E-state index in [1.165, 1.54) is 13.8 Å². The highest BCUT2D eigenvalue weighted by atomic mass is 79.9. The molecule has 5 nitrogen and oxygen atoms in total. The Labute approximate surface area is 126 Å². The summed E-state index contributed by atoms with van der Waals surface area (Å²) in [4.78, 5) is 22.9. The van der Waals surface area contributed by atoms with Crippen molar-refractivity contribution in [1.29, 1.82) is 0 Å². The molecule has 0 spiro atoms. The first kappa shape index (κ1) is 16.5. The SMILES string of the molecule is Cc1ccc(OC(C)C(=O)NC(C)(C)C(=O)O)c(Br)c1. The van der Waals surface area contributed by atoms with E-state index in [9.17, 15) is 9.59 Å². The minimum absolute atomic E-state index is 0.482. The van der Waals surface area contributed by atoms with Crippen molar-refractivity contribution >= 4 is 27.8 Å². The number of aliphatic carboxylic acids is 1. The lowest BCUT2D eigenvalue weighted by Crippen LogP contribution is -2.53. The van der Waals surface area contributed by atoms with Crippen molar-refractivity contribution in [1.82, 2.24) is 5.32 Å². The Bertz CT molecular complexity index is 528. The molecule has 0 bridgehead atoms. The Balaban J connectivity index is 2.73. The Hall–Kier alpha value is -1.56. The standard InChI is InChI=1S/C14H18BrNO4/c1-8-5-6-11(10(15)7-8)20-9(2)12(17)16-14(3,4)13(18)19/h5-7,9H,1-4H3,(H,16,17)(H,18,19). The van der Waals surface area contributed by atoms with Gasteiger partial charge in [-0.1, -0.05) is 6.07 Å². The fourth-order valence-corrected chi connectivity index (χ4v) is 2.00. The second-order valence-electron chi connectivity index (χ2n) is 5.11. The van der Waals surface area contributed by atoms with Crippen LogP contribution in [0.25, 0.3) is 0 Å². The molecule has 6 heteroatoms. The summed E-state index contributed by atoms with van der Waals surface area (Å²) >= 11 is 3.36. The first-order valence-electron chi connectivity index (χ1n) is 6.11. The second kappa shape index (κ2) is 6.26. The zero-order valence-corrected chi connectivity index (χ0v) is 13.4. The Kier molecular flexibility index (Phi) is 5.16. The molecular formula is C14H18BrNO4. The van der Waals surface area contributed by atoms with Crippen LogP contribution in [0.1, 0.15) is 26.3 Å². The lowest BCUT2D eigenvalue weighted by Gasteiger charge is -2.24. The molecule has 0 aliphatic carbocycles. The molecule has 0 fully saturated rings. The third kappa shape index (κ3) is 4.23. The van der Waals surface area contributed by atoms with Gasteiger partial charge in [-0.3, -0.25) is 4.79 Å². The Morgan fingerprint density at radius 3 is 2.50 bits per heavy atom. The number of hydrogen-bond donors (Lipinski definition) is 2. The van der Waals surface area contributed by atoms with E-state index >= 15 is 0 Å². The summed E-state index contributed by atoms with van der Waals surface area (Å²) in [5.41, 5.74) is -0.271. The van der Waals surface area contributed by atoms with E-state index in [0.717, 1.165) is 10.0 Å². The number of ether oxygens (including phenoxy) is 1. The van der Waals surface area contributed by atoms with Gasteiger partial charge in [-0.05, 0) is 61.3 Å². The van der Waals surface area contributed by atoms with E-state index in [4.69, 9.17) is 9.84 Å². The summed E-state index contributed by atoms with van der Waals surface area (Å²) < 4.78 is 6.28. The summed E-state index contributed by atoms with van der Waals surface area (Å²) in [5.74, 6) is -1.05. The van der Waals surface area contributed by atoms with Crippen molar-refractivity contribution in [2.75, 3.05) is 0 Å². The lowest BCUT2D eigenvalue weighted by atomic mass is 10.1. The number of aryl methyl sites for hydroxylation is 1. The zero-order valence-electron chi connectivity index (χ0n) is 11.9. The Morgan fingerprint density at radius 2 is 2.00 bits per heavy atom. The van der Waals surface area contributed by atoms with Gasteiger partial charge in [0.15, 0.2) is 6.10 Å². The van der Waals surface area contributed by atoms with Crippen molar-refractivity contribution < 1.29 is 19.4 Å². The van der Waals surface area contributed by atoms with Crippen LogP contribution in [0, 0.1) is 6.92 Å². The molecule has 1 atom stereocenters. The summed E-state index contributed by atoms with van der Waals surface area (Å²) in [6, 6.07) is 5.50. The van der Waals surface area contributed by atoms with Crippen LogP contribution in [0.4, 0.5) is 0 Å². The van der Waals surface area contributed by atoms with Crippen LogP contribution in [-0.2, 0) is 9.59 Å². The van der Waals surface area contributed by atoms with Gasteiger partial charge in [0.1, 0.15) is 11.3 Å². The molecule has 0 radical (unpaired) electrons. The molecule has 0 aliphatic rings. The average molecular weight is 344 g/mol. The van der Waals surface area contributed by atoms with E-state index < -0.39 is 23.5 Å². The molecule has 0 saturated carbocycles. The number of nitrogens with one attached hydrogen (secondary N) is 1. The van der Waals surface area contributed by atoms with Gasteiger partial charge in [-0.25, -0.2) is 4.79 Å². The third-order valence-electron chi connectivity index (χ3n) is 2.73. The van der Waals surface area contributed by atoms with Crippen molar-refractivity contribution in [3.63, 3.8) is 0 Å². The molecule has 2 N–H and O–H groups in total. The van der Waals surface area contributed by atoms with Crippen LogP contribution in [0.2, 0.25) is 0 Å². The summed E-state index contributed by atoms with van der Waals surface area (Å²) in [5, 5.41) is 11.4. The van der Waals surface area contributed by atoms with Crippen LogP contribution in [-0.4, -0.2) is 28.6 Å². The summed E-state index contributed by atoms with van der Waals surface area (Å²) in [6.45, 7) is 6.35. The second-order valence-corrected chi connectivity index (χ2v) is 5.97. The Morgan fingerprint density at radius 1 is 1.40 bits per heavy atom. The number of hydrogen-bond acceptors (Lipinski definition) is 3. The number of carbonyl (C=O) groups excluding carboxylic acids is 1. The molecule has 20 heavy (non-hydrogen) atoms.